The van der Waals surface area contributed by atoms with E-state index in [1.807, 2.05) is 24.3 Å². The number of imidazole rings is 1. The fourth-order valence-electron chi connectivity index (χ4n) is 2.52. The molecule has 6 heteroatoms. The molecule has 5 nitrogen and oxygen atoms in total. The molecule has 0 aliphatic carbocycles. The third kappa shape index (κ3) is 4.06. The monoisotopic (exact) mass is 343 g/mol. The lowest BCUT2D eigenvalue weighted by Gasteiger charge is -2.04. The summed E-state index contributed by atoms with van der Waals surface area (Å²) in [5.74, 6) is 0.114. The predicted octanol–water partition coefficient (Wildman–Crippen LogP) is 3.33. The number of fused-ring (bicyclic) bond motifs is 1. The highest BCUT2D eigenvalue weighted by Gasteiger charge is 2.07. The van der Waals surface area contributed by atoms with E-state index in [-0.39, 0.29) is 11.7 Å². The molecule has 1 aromatic carbocycles. The third-order valence-electron chi connectivity index (χ3n) is 3.76. The average molecular weight is 344 g/mol. The number of hydrogen-bond acceptors (Lipinski definition) is 3. The van der Waals surface area contributed by atoms with Crippen molar-refractivity contribution in [3.8, 4) is 5.75 Å². The zero-order valence-electron chi connectivity index (χ0n) is 13.1. The van der Waals surface area contributed by atoms with E-state index < -0.39 is 0 Å². The Labute approximate surface area is 144 Å². The topological polar surface area (TPSA) is 66.6 Å². The van der Waals surface area contributed by atoms with Gasteiger partial charge in [-0.15, -0.1) is 0 Å². The first-order valence-corrected chi connectivity index (χ1v) is 8.16. The SMILES string of the molecule is O=C(CCCc1ccc(Cl)cc1)NCc1cn2cccc(O)c2n1. The van der Waals surface area contributed by atoms with E-state index in [0.717, 1.165) is 17.9 Å². The van der Waals surface area contributed by atoms with Gasteiger partial charge in [0.25, 0.3) is 0 Å². The van der Waals surface area contributed by atoms with Crippen LogP contribution in [-0.4, -0.2) is 20.4 Å². The Hall–Kier alpha value is -2.53. The molecule has 2 aromatic heterocycles. The van der Waals surface area contributed by atoms with E-state index in [2.05, 4.69) is 10.3 Å². The van der Waals surface area contributed by atoms with Crippen LogP contribution >= 0.6 is 11.6 Å². The molecule has 0 atom stereocenters. The molecule has 0 saturated carbocycles. The van der Waals surface area contributed by atoms with E-state index >= 15 is 0 Å². The lowest BCUT2D eigenvalue weighted by molar-refractivity contribution is -0.121. The second-order valence-electron chi connectivity index (χ2n) is 5.61. The minimum absolute atomic E-state index is 0.00904. The molecule has 24 heavy (non-hydrogen) atoms. The molecule has 0 spiro atoms. The normalized spacial score (nSPS) is 10.9. The summed E-state index contributed by atoms with van der Waals surface area (Å²) in [4.78, 5) is 16.2. The van der Waals surface area contributed by atoms with Gasteiger partial charge in [0.1, 0.15) is 0 Å². The summed E-state index contributed by atoms with van der Waals surface area (Å²) >= 11 is 5.85. The fraction of sp³-hybridized carbons (Fsp3) is 0.222. The number of hydrogen-bond donors (Lipinski definition) is 2. The number of rotatable bonds is 6. The van der Waals surface area contributed by atoms with Crippen molar-refractivity contribution in [1.29, 1.82) is 0 Å². The number of carbonyl (C=O) groups is 1. The van der Waals surface area contributed by atoms with E-state index in [4.69, 9.17) is 11.6 Å². The minimum Gasteiger partial charge on any atom is -0.504 e. The van der Waals surface area contributed by atoms with Gasteiger partial charge in [0.2, 0.25) is 5.91 Å². The molecule has 3 aromatic rings. The molecule has 3 rings (SSSR count). The van der Waals surface area contributed by atoms with Gasteiger partial charge in [-0.25, -0.2) is 4.98 Å². The van der Waals surface area contributed by atoms with Gasteiger partial charge in [0, 0.05) is 23.8 Å². The number of nitrogens with one attached hydrogen (secondary N) is 1. The van der Waals surface area contributed by atoms with Crippen LogP contribution in [0.1, 0.15) is 24.1 Å². The predicted molar refractivity (Wildman–Crippen MR) is 93.1 cm³/mol. The number of benzene rings is 1. The largest absolute Gasteiger partial charge is 0.504 e. The molecule has 0 bridgehead atoms. The maximum absolute atomic E-state index is 11.9. The minimum atomic E-state index is -0.00904. The van der Waals surface area contributed by atoms with Crippen LogP contribution < -0.4 is 5.32 Å². The van der Waals surface area contributed by atoms with E-state index in [1.165, 1.54) is 5.56 Å². The summed E-state index contributed by atoms with van der Waals surface area (Å²) in [6, 6.07) is 11.0. The molecule has 2 N–H and O–H groups in total. The van der Waals surface area contributed by atoms with Crippen molar-refractivity contribution < 1.29 is 9.90 Å². The number of aromatic hydroxyl groups is 1. The van der Waals surface area contributed by atoms with Crippen LogP contribution in [0.3, 0.4) is 0 Å². The lowest BCUT2D eigenvalue weighted by Crippen LogP contribution is -2.22. The van der Waals surface area contributed by atoms with Gasteiger partial charge in [0.05, 0.1) is 12.2 Å². The number of carbonyl (C=O) groups excluding carboxylic acids is 1. The molecular weight excluding hydrogens is 326 g/mol. The van der Waals surface area contributed by atoms with Gasteiger partial charge >= 0.3 is 0 Å². The molecule has 0 aliphatic rings. The van der Waals surface area contributed by atoms with Crippen molar-refractivity contribution in [1.82, 2.24) is 14.7 Å². The summed E-state index contributed by atoms with van der Waals surface area (Å²) in [5.41, 5.74) is 2.37. The summed E-state index contributed by atoms with van der Waals surface area (Å²) in [7, 11) is 0. The zero-order valence-corrected chi connectivity index (χ0v) is 13.8. The molecule has 0 saturated heterocycles. The third-order valence-corrected chi connectivity index (χ3v) is 4.01. The fourth-order valence-corrected chi connectivity index (χ4v) is 2.64. The average Bonchev–Trinajstić information content (AvgIpc) is 2.99. The van der Waals surface area contributed by atoms with Crippen molar-refractivity contribution >= 4 is 23.2 Å². The quantitative estimate of drug-likeness (QED) is 0.721. The summed E-state index contributed by atoms with van der Waals surface area (Å²) in [5, 5.41) is 13.3. The number of aryl methyl sites for hydroxylation is 1. The maximum atomic E-state index is 11.9. The molecule has 0 fully saturated rings. The summed E-state index contributed by atoms with van der Waals surface area (Å²) in [6.45, 7) is 0.348. The van der Waals surface area contributed by atoms with Crippen molar-refractivity contribution in [2.75, 3.05) is 0 Å². The Balaban J connectivity index is 1.46. The van der Waals surface area contributed by atoms with Gasteiger partial charge in [-0.3, -0.25) is 4.79 Å². The Bertz CT molecular complexity index is 843. The van der Waals surface area contributed by atoms with Crippen molar-refractivity contribution in [2.45, 2.75) is 25.8 Å². The zero-order chi connectivity index (χ0) is 16.9. The van der Waals surface area contributed by atoms with Crippen LogP contribution in [0, 0.1) is 0 Å². The van der Waals surface area contributed by atoms with Gasteiger partial charge in [-0.2, -0.15) is 0 Å². The number of aromatic nitrogens is 2. The van der Waals surface area contributed by atoms with Crippen LogP contribution in [0.4, 0.5) is 0 Å². The van der Waals surface area contributed by atoms with Crippen LogP contribution in [0.25, 0.3) is 5.65 Å². The first-order valence-electron chi connectivity index (χ1n) is 7.78. The van der Waals surface area contributed by atoms with E-state index in [1.54, 1.807) is 28.9 Å². The molecule has 0 radical (unpaired) electrons. The van der Waals surface area contributed by atoms with Gasteiger partial charge < -0.3 is 14.8 Å². The molecule has 0 unspecified atom stereocenters. The van der Waals surface area contributed by atoms with Crippen LogP contribution in [0.15, 0.2) is 48.8 Å². The van der Waals surface area contributed by atoms with Crippen LogP contribution in [0.5, 0.6) is 5.75 Å². The van der Waals surface area contributed by atoms with Crippen molar-refractivity contribution in [3.05, 3.63) is 65.1 Å². The standard InChI is InChI=1S/C18H18ClN3O2/c19-14-8-6-13(7-9-14)3-1-5-17(24)20-11-15-12-22-10-2-4-16(23)18(22)21-15/h2,4,6-10,12,23H,1,3,5,11H2,(H,20,24). The van der Waals surface area contributed by atoms with Crippen molar-refractivity contribution in [2.24, 2.45) is 0 Å². The maximum Gasteiger partial charge on any atom is 0.220 e. The second kappa shape index (κ2) is 7.36. The van der Waals surface area contributed by atoms with Crippen LogP contribution in [0.2, 0.25) is 5.02 Å². The number of halogens is 1. The van der Waals surface area contributed by atoms with Gasteiger partial charge in [-0.05, 0) is 42.7 Å². The summed E-state index contributed by atoms with van der Waals surface area (Å²) in [6.07, 6.45) is 5.68. The van der Waals surface area contributed by atoms with E-state index in [9.17, 15) is 9.90 Å². The Morgan fingerprint density at radius 2 is 2.04 bits per heavy atom. The van der Waals surface area contributed by atoms with Gasteiger partial charge in [-0.1, -0.05) is 23.7 Å². The molecular formula is C18H18ClN3O2. The van der Waals surface area contributed by atoms with Crippen LogP contribution in [-0.2, 0) is 17.8 Å². The highest BCUT2D eigenvalue weighted by molar-refractivity contribution is 6.30. The molecule has 2 heterocycles. The Morgan fingerprint density at radius 3 is 2.79 bits per heavy atom. The second-order valence-corrected chi connectivity index (χ2v) is 6.05. The first kappa shape index (κ1) is 16.3. The van der Waals surface area contributed by atoms with Gasteiger partial charge in [0.15, 0.2) is 11.4 Å². The number of amides is 1. The smallest absolute Gasteiger partial charge is 0.220 e. The number of nitrogens with zero attached hydrogens (tertiary/aromatic N) is 2. The van der Waals surface area contributed by atoms with E-state index in [0.29, 0.717) is 24.3 Å². The lowest BCUT2D eigenvalue weighted by atomic mass is 10.1. The number of pyridine rings is 1. The highest BCUT2D eigenvalue weighted by atomic mass is 35.5. The van der Waals surface area contributed by atoms with Crippen molar-refractivity contribution in [3.63, 3.8) is 0 Å². The Kier molecular flexibility index (Phi) is 5.01. The summed E-state index contributed by atoms with van der Waals surface area (Å²) < 4.78 is 1.73. The molecule has 0 aliphatic heterocycles. The first-order chi connectivity index (χ1) is 11.6. The highest BCUT2D eigenvalue weighted by Crippen LogP contribution is 2.16. The molecule has 1 amide bonds. The molecule has 124 valence electrons. The Morgan fingerprint density at radius 1 is 1.25 bits per heavy atom.